The molecule has 0 aromatic carbocycles. The fraction of sp³-hybridized carbons (Fsp3) is 1.00. The highest BCUT2D eigenvalue weighted by molar-refractivity contribution is 8.00. The van der Waals surface area contributed by atoms with Gasteiger partial charge < -0.3 is 5.32 Å². The molecule has 0 aliphatic rings. The smallest absolute Gasteiger partial charge is 0.0172 e. The molecule has 29 heavy (non-hydrogen) atoms. The van der Waals surface area contributed by atoms with Gasteiger partial charge in [-0.05, 0) is 30.8 Å². The van der Waals surface area contributed by atoms with Gasteiger partial charge in [-0.2, -0.15) is 23.5 Å². The highest BCUT2D eigenvalue weighted by Crippen LogP contribution is 2.20. The molecule has 0 saturated heterocycles. The Balaban J connectivity index is 3.66. The van der Waals surface area contributed by atoms with E-state index in [9.17, 15) is 0 Å². The average molecular weight is 446 g/mol. The van der Waals surface area contributed by atoms with Crippen LogP contribution < -0.4 is 5.32 Å². The van der Waals surface area contributed by atoms with Gasteiger partial charge in [0.15, 0.2) is 0 Å². The summed E-state index contributed by atoms with van der Waals surface area (Å²) in [5.74, 6) is 4.03. The lowest BCUT2D eigenvalue weighted by molar-refractivity contribution is 0.589. The van der Waals surface area contributed by atoms with Gasteiger partial charge in [0.2, 0.25) is 0 Å². The number of hydrogen-bond acceptors (Lipinski definition) is 3. The van der Waals surface area contributed by atoms with Crippen LogP contribution in [0.4, 0.5) is 0 Å². The minimum atomic E-state index is 0.839. The standard InChI is InChI=1S/C26H55NS2/c1-4-7-10-13-15-18-22-28-24-21-27-25-26(20-17-12-9-6-3)29-23-19-16-14-11-8-5-2/h26-27H,4-25H2,1-3H3. The first-order valence-corrected chi connectivity index (χ1v) is 15.5. The van der Waals surface area contributed by atoms with Gasteiger partial charge in [-0.1, -0.05) is 111 Å². The zero-order valence-corrected chi connectivity index (χ0v) is 22.1. The first kappa shape index (κ1) is 29.7. The minimum absolute atomic E-state index is 0.839. The van der Waals surface area contributed by atoms with Crippen molar-refractivity contribution in [1.82, 2.24) is 5.32 Å². The molecule has 0 fully saturated rings. The van der Waals surface area contributed by atoms with Crippen molar-refractivity contribution in [2.45, 2.75) is 135 Å². The van der Waals surface area contributed by atoms with E-state index < -0.39 is 0 Å². The highest BCUT2D eigenvalue weighted by atomic mass is 32.2. The second kappa shape index (κ2) is 26.7. The Kier molecular flexibility index (Phi) is 27.3. The van der Waals surface area contributed by atoms with E-state index in [1.807, 2.05) is 0 Å². The molecule has 0 aromatic heterocycles. The van der Waals surface area contributed by atoms with Crippen LogP contribution in [0.5, 0.6) is 0 Å². The third-order valence-corrected chi connectivity index (χ3v) is 8.14. The summed E-state index contributed by atoms with van der Waals surface area (Å²) >= 11 is 4.41. The highest BCUT2D eigenvalue weighted by Gasteiger charge is 2.08. The molecule has 0 radical (unpaired) electrons. The molecule has 1 unspecified atom stereocenters. The Morgan fingerprint density at radius 2 is 1.07 bits per heavy atom. The van der Waals surface area contributed by atoms with E-state index in [2.05, 4.69) is 49.6 Å². The second-order valence-electron chi connectivity index (χ2n) is 8.69. The molecule has 0 saturated carbocycles. The van der Waals surface area contributed by atoms with Crippen molar-refractivity contribution in [3.8, 4) is 0 Å². The number of unbranched alkanes of at least 4 members (excludes halogenated alkanes) is 13. The van der Waals surface area contributed by atoms with Gasteiger partial charge in [0, 0.05) is 24.1 Å². The Hall–Kier alpha value is 0.660. The average Bonchev–Trinajstić information content (AvgIpc) is 2.73. The van der Waals surface area contributed by atoms with E-state index >= 15 is 0 Å². The molecule has 0 aromatic rings. The minimum Gasteiger partial charge on any atom is -0.315 e. The van der Waals surface area contributed by atoms with E-state index in [-0.39, 0.29) is 0 Å². The van der Waals surface area contributed by atoms with Crippen molar-refractivity contribution in [2.75, 3.05) is 30.3 Å². The van der Waals surface area contributed by atoms with E-state index in [0.717, 1.165) is 5.25 Å². The van der Waals surface area contributed by atoms with Crippen molar-refractivity contribution < 1.29 is 0 Å². The molecular formula is C26H55NS2. The summed E-state index contributed by atoms with van der Waals surface area (Å²) in [4.78, 5) is 0. The van der Waals surface area contributed by atoms with Crippen molar-refractivity contribution in [3.63, 3.8) is 0 Å². The van der Waals surface area contributed by atoms with Crippen molar-refractivity contribution >= 4 is 23.5 Å². The summed E-state index contributed by atoms with van der Waals surface area (Å²) in [6.45, 7) is 9.34. The summed E-state index contributed by atoms with van der Waals surface area (Å²) in [6.07, 6.45) is 24.1. The van der Waals surface area contributed by atoms with E-state index in [1.54, 1.807) is 0 Å². The Labute approximate surface area is 194 Å². The molecule has 3 heteroatoms. The van der Waals surface area contributed by atoms with Crippen LogP contribution in [0.2, 0.25) is 0 Å². The monoisotopic (exact) mass is 445 g/mol. The molecule has 0 aliphatic heterocycles. The number of hydrogen-bond donors (Lipinski definition) is 1. The fourth-order valence-corrected chi connectivity index (χ4v) is 5.84. The third kappa shape index (κ3) is 24.8. The normalized spacial score (nSPS) is 12.5. The van der Waals surface area contributed by atoms with Crippen molar-refractivity contribution in [3.05, 3.63) is 0 Å². The Bertz CT molecular complexity index is 286. The topological polar surface area (TPSA) is 12.0 Å². The lowest BCUT2D eigenvalue weighted by atomic mass is 10.1. The molecule has 1 nitrogen and oxygen atoms in total. The molecule has 0 aliphatic carbocycles. The third-order valence-electron chi connectivity index (χ3n) is 5.67. The van der Waals surface area contributed by atoms with Crippen LogP contribution in [0.1, 0.15) is 130 Å². The summed E-state index contributed by atoms with van der Waals surface area (Å²) < 4.78 is 0. The van der Waals surface area contributed by atoms with Gasteiger partial charge in [-0.25, -0.2) is 0 Å². The molecule has 1 atom stereocenters. The van der Waals surface area contributed by atoms with Gasteiger partial charge in [-0.15, -0.1) is 0 Å². The number of thioether (sulfide) groups is 2. The first-order valence-electron chi connectivity index (χ1n) is 13.2. The summed E-state index contributed by atoms with van der Waals surface area (Å²) in [5, 5.41) is 4.61. The van der Waals surface area contributed by atoms with Gasteiger partial charge in [0.05, 0.1) is 0 Å². The largest absolute Gasteiger partial charge is 0.315 e. The SMILES string of the molecule is CCCCCCCCSCCNCC(CCCCCC)SCCCCCCCC. The number of rotatable bonds is 25. The summed E-state index contributed by atoms with van der Waals surface area (Å²) in [5.41, 5.74) is 0. The molecule has 176 valence electrons. The fourth-order valence-electron chi connectivity index (χ4n) is 3.67. The van der Waals surface area contributed by atoms with E-state index in [4.69, 9.17) is 0 Å². The van der Waals surface area contributed by atoms with Gasteiger partial charge in [-0.3, -0.25) is 0 Å². The molecule has 0 heterocycles. The zero-order valence-electron chi connectivity index (χ0n) is 20.5. The second-order valence-corrected chi connectivity index (χ2v) is 11.3. The lowest BCUT2D eigenvalue weighted by Crippen LogP contribution is -2.27. The van der Waals surface area contributed by atoms with E-state index in [1.165, 1.54) is 140 Å². The zero-order chi connectivity index (χ0) is 21.3. The maximum Gasteiger partial charge on any atom is 0.0172 e. The first-order chi connectivity index (χ1) is 14.3. The molecule has 1 N–H and O–H groups in total. The Morgan fingerprint density at radius 3 is 1.69 bits per heavy atom. The van der Waals surface area contributed by atoms with Crippen LogP contribution >= 0.6 is 23.5 Å². The lowest BCUT2D eigenvalue weighted by Gasteiger charge is -2.17. The van der Waals surface area contributed by atoms with Gasteiger partial charge >= 0.3 is 0 Å². The Morgan fingerprint density at radius 1 is 0.552 bits per heavy atom. The van der Waals surface area contributed by atoms with Crippen molar-refractivity contribution in [2.24, 2.45) is 0 Å². The quantitative estimate of drug-likeness (QED) is 0.141. The van der Waals surface area contributed by atoms with Crippen LogP contribution in [0.3, 0.4) is 0 Å². The predicted molar refractivity (Wildman–Crippen MR) is 142 cm³/mol. The van der Waals surface area contributed by atoms with Gasteiger partial charge in [0.25, 0.3) is 0 Å². The van der Waals surface area contributed by atoms with Crippen LogP contribution in [-0.2, 0) is 0 Å². The summed E-state index contributed by atoms with van der Waals surface area (Å²) in [7, 11) is 0. The summed E-state index contributed by atoms with van der Waals surface area (Å²) in [6, 6.07) is 0. The molecule has 0 rings (SSSR count). The predicted octanol–water partition coefficient (Wildman–Crippen LogP) is 9.10. The molecule has 0 amide bonds. The maximum absolute atomic E-state index is 3.77. The molecule has 0 spiro atoms. The van der Waals surface area contributed by atoms with Gasteiger partial charge in [0.1, 0.15) is 0 Å². The maximum atomic E-state index is 3.77. The van der Waals surface area contributed by atoms with Crippen LogP contribution in [-0.4, -0.2) is 35.6 Å². The van der Waals surface area contributed by atoms with Crippen LogP contribution in [0.15, 0.2) is 0 Å². The molecule has 0 bridgehead atoms. The van der Waals surface area contributed by atoms with E-state index in [0.29, 0.717) is 0 Å². The molecular weight excluding hydrogens is 390 g/mol. The van der Waals surface area contributed by atoms with Crippen LogP contribution in [0, 0.1) is 0 Å². The van der Waals surface area contributed by atoms with Crippen molar-refractivity contribution in [1.29, 1.82) is 0 Å². The van der Waals surface area contributed by atoms with Crippen LogP contribution in [0.25, 0.3) is 0 Å². The number of nitrogens with one attached hydrogen (secondary N) is 1.